The summed E-state index contributed by atoms with van der Waals surface area (Å²) in [7, 11) is 1.92. The second kappa shape index (κ2) is 4.86. The van der Waals surface area contributed by atoms with Crippen molar-refractivity contribution in [1.29, 1.82) is 0 Å². The van der Waals surface area contributed by atoms with Crippen LogP contribution in [-0.4, -0.2) is 19.2 Å². The first-order chi connectivity index (χ1) is 6.94. The van der Waals surface area contributed by atoms with Crippen molar-refractivity contribution in [3.05, 3.63) is 28.8 Å². The van der Waals surface area contributed by atoms with Gasteiger partial charge in [-0.15, -0.1) is 0 Å². The number of ether oxygens (including phenoxy) is 1. The smallest absolute Gasteiger partial charge is 0.123 e. The summed E-state index contributed by atoms with van der Waals surface area (Å²) < 4.78 is 5.91. The fourth-order valence-corrected chi connectivity index (χ4v) is 1.71. The molecule has 1 aromatic carbocycles. The number of hydrogen-bond donors (Lipinski definition) is 1. The summed E-state index contributed by atoms with van der Waals surface area (Å²) in [5.41, 5.74) is 0.847. The highest BCUT2D eigenvalue weighted by molar-refractivity contribution is 6.30. The molecule has 0 aromatic heterocycles. The fraction of sp³-hybridized carbons (Fsp3) is 0.500. The second-order valence-electron chi connectivity index (χ2n) is 4.30. The number of likely N-dealkylation sites (N-methyl/N-ethyl adjacent to an activating group) is 1. The van der Waals surface area contributed by atoms with E-state index in [1.165, 1.54) is 0 Å². The van der Waals surface area contributed by atoms with Gasteiger partial charge in [-0.1, -0.05) is 11.6 Å². The maximum Gasteiger partial charge on any atom is 0.123 e. The molecule has 0 spiro atoms. The minimum absolute atomic E-state index is 0.215. The Hall–Kier alpha value is -0.730. The lowest BCUT2D eigenvalue weighted by molar-refractivity contribution is 0.109. The van der Waals surface area contributed by atoms with E-state index in [4.69, 9.17) is 16.3 Å². The van der Waals surface area contributed by atoms with E-state index in [0.29, 0.717) is 0 Å². The van der Waals surface area contributed by atoms with Gasteiger partial charge in [0.25, 0.3) is 0 Å². The number of rotatable bonds is 4. The number of halogens is 1. The molecule has 0 fully saturated rings. The van der Waals surface area contributed by atoms with Gasteiger partial charge in [0.05, 0.1) is 0 Å². The molecule has 1 aromatic rings. The second-order valence-corrected chi connectivity index (χ2v) is 4.74. The van der Waals surface area contributed by atoms with E-state index in [0.717, 1.165) is 22.9 Å². The van der Waals surface area contributed by atoms with E-state index >= 15 is 0 Å². The predicted octanol–water partition coefficient (Wildman–Crippen LogP) is 3.03. The van der Waals surface area contributed by atoms with Crippen molar-refractivity contribution in [2.45, 2.75) is 26.4 Å². The molecule has 0 radical (unpaired) electrons. The molecule has 0 saturated heterocycles. The van der Waals surface area contributed by atoms with Gasteiger partial charge in [0.15, 0.2) is 0 Å². The maximum atomic E-state index is 5.91. The first-order valence-corrected chi connectivity index (χ1v) is 5.42. The van der Waals surface area contributed by atoms with E-state index in [-0.39, 0.29) is 5.60 Å². The fourth-order valence-electron chi connectivity index (χ4n) is 1.49. The molecule has 0 unspecified atom stereocenters. The summed E-state index contributed by atoms with van der Waals surface area (Å²) in [4.78, 5) is 0. The zero-order valence-electron chi connectivity index (χ0n) is 9.73. The number of nitrogens with one attached hydrogen (secondary N) is 1. The molecule has 0 heterocycles. The Kier molecular flexibility index (Phi) is 4.00. The highest BCUT2D eigenvalue weighted by Crippen LogP contribution is 2.25. The monoisotopic (exact) mass is 227 g/mol. The van der Waals surface area contributed by atoms with E-state index in [2.05, 4.69) is 19.2 Å². The van der Waals surface area contributed by atoms with Gasteiger partial charge in [-0.25, -0.2) is 0 Å². The molecule has 0 saturated carbocycles. The molecule has 0 aliphatic rings. The molecule has 15 heavy (non-hydrogen) atoms. The number of aryl methyl sites for hydroxylation is 1. The molecule has 1 rings (SSSR count). The zero-order valence-corrected chi connectivity index (χ0v) is 10.5. The summed E-state index contributed by atoms with van der Waals surface area (Å²) in [6.45, 7) is 6.90. The molecule has 1 N–H and O–H groups in total. The van der Waals surface area contributed by atoms with Gasteiger partial charge in [0, 0.05) is 11.6 Å². The zero-order chi connectivity index (χ0) is 11.5. The Labute approximate surface area is 96.6 Å². The third-order valence-corrected chi connectivity index (χ3v) is 2.36. The van der Waals surface area contributed by atoms with Crippen molar-refractivity contribution >= 4 is 11.6 Å². The van der Waals surface area contributed by atoms with Crippen LogP contribution < -0.4 is 10.1 Å². The molecule has 0 amide bonds. The molecular weight excluding hydrogens is 210 g/mol. The van der Waals surface area contributed by atoms with Crippen LogP contribution in [0.4, 0.5) is 0 Å². The van der Waals surface area contributed by atoms with Crippen molar-refractivity contribution in [2.75, 3.05) is 13.6 Å². The standard InChI is InChI=1S/C12H18ClNO/c1-9-7-10(13)5-6-11(9)15-12(2,3)8-14-4/h5-7,14H,8H2,1-4H3. The summed E-state index contributed by atoms with van der Waals surface area (Å²) in [6, 6.07) is 5.67. The van der Waals surface area contributed by atoms with Gasteiger partial charge in [0.1, 0.15) is 11.4 Å². The van der Waals surface area contributed by atoms with Crippen LogP contribution >= 0.6 is 11.6 Å². The average Bonchev–Trinajstić information content (AvgIpc) is 2.09. The predicted molar refractivity (Wildman–Crippen MR) is 64.8 cm³/mol. The topological polar surface area (TPSA) is 21.3 Å². The molecule has 3 heteroatoms. The van der Waals surface area contributed by atoms with Crippen LogP contribution in [0.25, 0.3) is 0 Å². The Balaban J connectivity index is 2.80. The van der Waals surface area contributed by atoms with Crippen LogP contribution in [0, 0.1) is 6.92 Å². The van der Waals surface area contributed by atoms with Gasteiger partial charge in [-0.3, -0.25) is 0 Å². The summed E-state index contributed by atoms with van der Waals surface area (Å²) in [6.07, 6.45) is 0. The average molecular weight is 228 g/mol. The van der Waals surface area contributed by atoms with E-state index in [1.54, 1.807) is 0 Å². The van der Waals surface area contributed by atoms with Crippen LogP contribution in [0.1, 0.15) is 19.4 Å². The van der Waals surface area contributed by atoms with Gasteiger partial charge in [-0.05, 0) is 51.6 Å². The van der Waals surface area contributed by atoms with Crippen LogP contribution in [-0.2, 0) is 0 Å². The summed E-state index contributed by atoms with van der Waals surface area (Å²) >= 11 is 5.88. The molecule has 0 aliphatic carbocycles. The number of hydrogen-bond acceptors (Lipinski definition) is 2. The van der Waals surface area contributed by atoms with E-state index < -0.39 is 0 Å². The lowest BCUT2D eigenvalue weighted by Crippen LogP contribution is -2.38. The van der Waals surface area contributed by atoms with Crippen molar-refractivity contribution in [3.8, 4) is 5.75 Å². The molecular formula is C12H18ClNO. The Morgan fingerprint density at radius 3 is 2.60 bits per heavy atom. The van der Waals surface area contributed by atoms with Gasteiger partial charge in [0.2, 0.25) is 0 Å². The highest BCUT2D eigenvalue weighted by Gasteiger charge is 2.19. The van der Waals surface area contributed by atoms with Crippen LogP contribution in [0.2, 0.25) is 5.02 Å². The third kappa shape index (κ3) is 3.73. The molecule has 0 aliphatic heterocycles. The summed E-state index contributed by atoms with van der Waals surface area (Å²) in [5.74, 6) is 0.889. The van der Waals surface area contributed by atoms with Crippen molar-refractivity contribution < 1.29 is 4.74 Å². The first kappa shape index (κ1) is 12.3. The van der Waals surface area contributed by atoms with Crippen LogP contribution in [0.3, 0.4) is 0 Å². The minimum Gasteiger partial charge on any atom is -0.486 e. The lowest BCUT2D eigenvalue weighted by Gasteiger charge is -2.27. The maximum absolute atomic E-state index is 5.91. The lowest BCUT2D eigenvalue weighted by atomic mass is 10.1. The van der Waals surface area contributed by atoms with Crippen molar-refractivity contribution in [1.82, 2.24) is 5.32 Å². The number of benzene rings is 1. The van der Waals surface area contributed by atoms with Gasteiger partial charge >= 0.3 is 0 Å². The van der Waals surface area contributed by atoms with Crippen LogP contribution in [0.15, 0.2) is 18.2 Å². The van der Waals surface area contributed by atoms with Crippen molar-refractivity contribution in [2.24, 2.45) is 0 Å². The van der Waals surface area contributed by atoms with E-state index in [9.17, 15) is 0 Å². The van der Waals surface area contributed by atoms with E-state index in [1.807, 2.05) is 32.2 Å². The van der Waals surface area contributed by atoms with Crippen LogP contribution in [0.5, 0.6) is 5.75 Å². The van der Waals surface area contributed by atoms with Gasteiger partial charge in [-0.2, -0.15) is 0 Å². The highest BCUT2D eigenvalue weighted by atomic mass is 35.5. The third-order valence-electron chi connectivity index (χ3n) is 2.13. The normalized spacial score (nSPS) is 11.5. The Morgan fingerprint density at radius 1 is 1.40 bits per heavy atom. The molecule has 0 atom stereocenters. The SMILES string of the molecule is CNCC(C)(C)Oc1ccc(Cl)cc1C. The molecule has 2 nitrogen and oxygen atoms in total. The molecule has 0 bridgehead atoms. The Bertz CT molecular complexity index is 336. The van der Waals surface area contributed by atoms with Crippen molar-refractivity contribution in [3.63, 3.8) is 0 Å². The quantitative estimate of drug-likeness (QED) is 0.854. The largest absolute Gasteiger partial charge is 0.486 e. The van der Waals surface area contributed by atoms with Gasteiger partial charge < -0.3 is 10.1 Å². The first-order valence-electron chi connectivity index (χ1n) is 5.04. The molecule has 84 valence electrons. The Morgan fingerprint density at radius 2 is 2.07 bits per heavy atom. The summed E-state index contributed by atoms with van der Waals surface area (Å²) in [5, 5.41) is 3.85. The minimum atomic E-state index is -0.215.